The van der Waals surface area contributed by atoms with Crippen LogP contribution in [0.4, 0.5) is 0 Å². The molecule has 0 atom stereocenters. The molecular weight excluding hydrogens is 128 g/mol. The summed E-state index contributed by atoms with van der Waals surface area (Å²) < 4.78 is 0. The van der Waals surface area contributed by atoms with Crippen LogP contribution < -0.4 is 10.6 Å². The summed E-state index contributed by atoms with van der Waals surface area (Å²) >= 11 is 0. The van der Waals surface area contributed by atoms with Gasteiger partial charge >= 0.3 is 0 Å². The highest BCUT2D eigenvalue weighted by atomic mass is 16.1. The normalized spacial score (nSPS) is 6.80. The Morgan fingerprint density at radius 3 is 1.90 bits per heavy atom. The van der Waals surface area contributed by atoms with Crippen LogP contribution in [0.25, 0.3) is 0 Å². The number of carbonyl (C=O) groups is 1. The lowest BCUT2D eigenvalue weighted by atomic mass is 10.6. The molecule has 0 aromatic rings. The van der Waals surface area contributed by atoms with Gasteiger partial charge in [0.25, 0.3) is 0 Å². The van der Waals surface area contributed by atoms with Crippen LogP contribution >= 0.6 is 0 Å². The third-order valence-corrected chi connectivity index (χ3v) is 0.629. The predicted octanol–water partition coefficient (Wildman–Crippen LogP) is 0.839. The van der Waals surface area contributed by atoms with Crippen molar-refractivity contribution < 1.29 is 4.79 Å². The average molecular weight is 144 g/mol. The third kappa shape index (κ3) is 10.1. The Balaban J connectivity index is 0. The molecule has 0 aromatic heterocycles. The van der Waals surface area contributed by atoms with Crippen molar-refractivity contribution in [1.82, 2.24) is 10.6 Å². The van der Waals surface area contributed by atoms with Crippen LogP contribution in [0.2, 0.25) is 0 Å². The van der Waals surface area contributed by atoms with Gasteiger partial charge in [-0.25, -0.2) is 0 Å². The Morgan fingerprint density at radius 1 is 1.40 bits per heavy atom. The zero-order valence-electron chi connectivity index (χ0n) is 7.12. The van der Waals surface area contributed by atoms with Gasteiger partial charge in [0.15, 0.2) is 0 Å². The number of nitrogens with one attached hydrogen (secondary N) is 2. The van der Waals surface area contributed by atoms with Crippen molar-refractivity contribution in [3.63, 3.8) is 0 Å². The van der Waals surface area contributed by atoms with Crippen molar-refractivity contribution in [3.05, 3.63) is 12.4 Å². The lowest BCUT2D eigenvalue weighted by Gasteiger charge is -2.01. The molecule has 0 spiro atoms. The molecule has 10 heavy (non-hydrogen) atoms. The summed E-state index contributed by atoms with van der Waals surface area (Å²) in [5.74, 6) is 0.418. The monoisotopic (exact) mass is 144 g/mol. The summed E-state index contributed by atoms with van der Waals surface area (Å²) in [4.78, 5) is 10.2. The lowest BCUT2D eigenvalue weighted by Crippen LogP contribution is -2.26. The maximum Gasteiger partial charge on any atom is 0.222 e. The van der Waals surface area contributed by atoms with Crippen LogP contribution in [0.5, 0.6) is 0 Å². The van der Waals surface area contributed by atoms with E-state index < -0.39 is 0 Å². The Kier molecular flexibility index (Phi) is 9.42. The average Bonchev–Trinajstić information content (AvgIpc) is 1.91. The van der Waals surface area contributed by atoms with E-state index in [0.717, 1.165) is 0 Å². The fourth-order valence-electron chi connectivity index (χ4n) is 0.275. The predicted molar refractivity (Wildman–Crippen MR) is 43.4 cm³/mol. The van der Waals surface area contributed by atoms with Crippen molar-refractivity contribution >= 4 is 5.91 Å². The molecule has 3 heteroatoms. The number of hydrogen-bond donors (Lipinski definition) is 2. The highest BCUT2D eigenvalue weighted by Crippen LogP contribution is 1.70. The van der Waals surface area contributed by atoms with Gasteiger partial charge in [0.2, 0.25) is 5.91 Å². The molecule has 0 fully saturated rings. The quantitative estimate of drug-likeness (QED) is 0.603. The van der Waals surface area contributed by atoms with E-state index in [2.05, 4.69) is 17.2 Å². The van der Waals surface area contributed by atoms with Gasteiger partial charge < -0.3 is 10.6 Å². The van der Waals surface area contributed by atoms with Crippen LogP contribution in [-0.2, 0) is 4.79 Å². The maximum atomic E-state index is 10.2. The zero-order chi connectivity index (χ0) is 8.57. The Hall–Kier alpha value is -0.990. The van der Waals surface area contributed by atoms with Gasteiger partial charge in [0, 0.05) is 14.0 Å². The minimum Gasteiger partial charge on any atom is -0.375 e. The molecule has 1 amide bonds. The fraction of sp³-hybridized carbons (Fsp3) is 0.571. The smallest absolute Gasteiger partial charge is 0.222 e. The van der Waals surface area contributed by atoms with E-state index in [4.69, 9.17) is 0 Å². The summed E-state index contributed by atoms with van der Waals surface area (Å²) in [5.41, 5.74) is 0. The number of hydrogen-bond acceptors (Lipinski definition) is 2. The Labute approximate surface area is 62.5 Å². The van der Waals surface area contributed by atoms with Gasteiger partial charge in [0.1, 0.15) is 0 Å². The van der Waals surface area contributed by atoms with Crippen LogP contribution in [0.1, 0.15) is 20.8 Å². The summed E-state index contributed by atoms with van der Waals surface area (Å²) in [6, 6.07) is 0. The van der Waals surface area contributed by atoms with E-state index in [1.165, 1.54) is 6.92 Å². The lowest BCUT2D eigenvalue weighted by molar-refractivity contribution is -0.118. The van der Waals surface area contributed by atoms with Crippen LogP contribution in [0.15, 0.2) is 12.4 Å². The molecule has 0 aliphatic heterocycles. The topological polar surface area (TPSA) is 41.1 Å². The summed E-state index contributed by atoms with van der Waals surface area (Å²) in [6.45, 7) is 8.90. The first-order valence-electron chi connectivity index (χ1n) is 3.31. The minimum absolute atomic E-state index is 0.107. The largest absolute Gasteiger partial charge is 0.375 e. The van der Waals surface area contributed by atoms with Crippen LogP contribution in [0, 0.1) is 0 Å². The van der Waals surface area contributed by atoms with E-state index in [-0.39, 0.29) is 5.91 Å². The number of rotatable bonds is 2. The van der Waals surface area contributed by atoms with Crippen molar-refractivity contribution in [2.75, 3.05) is 7.05 Å². The van der Waals surface area contributed by atoms with Crippen molar-refractivity contribution in [2.45, 2.75) is 20.8 Å². The molecule has 0 bridgehead atoms. The van der Waals surface area contributed by atoms with E-state index in [1.807, 2.05) is 13.8 Å². The first-order chi connectivity index (χ1) is 4.66. The second-order valence-corrected chi connectivity index (χ2v) is 1.41. The number of amides is 1. The SMILES string of the molecule is C=C(NC)NC(C)=O.CC. The molecule has 2 N–H and O–H groups in total. The van der Waals surface area contributed by atoms with Crippen molar-refractivity contribution in [1.29, 1.82) is 0 Å². The molecule has 0 unspecified atom stereocenters. The van der Waals surface area contributed by atoms with Crippen LogP contribution in [0.3, 0.4) is 0 Å². The van der Waals surface area contributed by atoms with E-state index >= 15 is 0 Å². The molecule has 0 saturated heterocycles. The van der Waals surface area contributed by atoms with Crippen molar-refractivity contribution in [3.8, 4) is 0 Å². The Morgan fingerprint density at radius 2 is 1.80 bits per heavy atom. The highest BCUT2D eigenvalue weighted by Gasteiger charge is 1.88. The number of carbonyl (C=O) groups excluding carboxylic acids is 1. The first-order valence-corrected chi connectivity index (χ1v) is 3.31. The maximum absolute atomic E-state index is 10.2. The molecule has 60 valence electrons. The second-order valence-electron chi connectivity index (χ2n) is 1.41. The Bertz CT molecular complexity index is 110. The summed E-state index contributed by atoms with van der Waals surface area (Å²) in [6.07, 6.45) is 0. The summed E-state index contributed by atoms with van der Waals surface area (Å²) in [7, 11) is 1.69. The van der Waals surface area contributed by atoms with Gasteiger partial charge in [-0.05, 0) is 0 Å². The molecule has 0 radical (unpaired) electrons. The third-order valence-electron chi connectivity index (χ3n) is 0.629. The molecule has 0 rings (SSSR count). The molecular formula is C7H16N2O. The molecule has 0 aliphatic rings. The molecule has 3 nitrogen and oxygen atoms in total. The second kappa shape index (κ2) is 8.01. The van der Waals surface area contributed by atoms with Gasteiger partial charge in [0.05, 0.1) is 5.82 Å². The minimum atomic E-state index is -0.107. The molecule has 0 heterocycles. The van der Waals surface area contributed by atoms with E-state index in [0.29, 0.717) is 5.82 Å². The zero-order valence-corrected chi connectivity index (χ0v) is 7.12. The first kappa shape index (κ1) is 11.8. The fourth-order valence-corrected chi connectivity index (χ4v) is 0.275. The van der Waals surface area contributed by atoms with E-state index in [1.54, 1.807) is 7.05 Å². The van der Waals surface area contributed by atoms with Crippen LogP contribution in [-0.4, -0.2) is 13.0 Å². The van der Waals surface area contributed by atoms with Gasteiger partial charge in [-0.1, -0.05) is 20.4 Å². The highest BCUT2D eigenvalue weighted by molar-refractivity contribution is 5.74. The molecule has 0 saturated carbocycles. The standard InChI is InChI=1S/C5H10N2O.C2H6/c1-4(6-3)7-5(2)8;1-2/h6H,1H2,2-3H3,(H,7,8);1-2H3. The molecule has 0 aliphatic carbocycles. The van der Waals surface area contributed by atoms with Gasteiger partial charge in [-0.2, -0.15) is 0 Å². The molecule has 0 aromatic carbocycles. The van der Waals surface area contributed by atoms with Gasteiger partial charge in [-0.3, -0.25) is 4.79 Å². The van der Waals surface area contributed by atoms with Crippen molar-refractivity contribution in [2.24, 2.45) is 0 Å². The van der Waals surface area contributed by atoms with E-state index in [9.17, 15) is 4.79 Å². The van der Waals surface area contributed by atoms with Gasteiger partial charge in [-0.15, -0.1) is 0 Å². The summed E-state index contributed by atoms with van der Waals surface area (Å²) in [5, 5.41) is 5.12.